The van der Waals surface area contributed by atoms with E-state index in [-0.39, 0.29) is 95.1 Å². The molecule has 0 saturated heterocycles. The molecule has 0 aliphatic heterocycles. The van der Waals surface area contributed by atoms with Crippen LogP contribution in [0.2, 0.25) is 0 Å². The number of ether oxygens (including phenoxy) is 1. The molecule has 108 heavy (non-hydrogen) atoms. The second-order valence-electron chi connectivity index (χ2n) is 32.2. The molecule has 0 amide bonds. The fraction of sp³-hybridized carbons (Fsp3) is 0.986. The summed E-state index contributed by atoms with van der Waals surface area (Å²) in [6, 6.07) is 0. The van der Waals surface area contributed by atoms with E-state index in [0.29, 0.717) is 62.2 Å². The average molecular weight is 1800 g/mol. The number of hydrogen-bond acceptors (Lipinski definition) is 30. The van der Waals surface area contributed by atoms with Crippen LogP contribution >= 0.6 is 117 Å². The maximum atomic E-state index is 15.5. The van der Waals surface area contributed by atoms with Crippen molar-refractivity contribution in [2.75, 3.05) is 48.6 Å². The van der Waals surface area contributed by atoms with E-state index in [2.05, 4.69) is 13.8 Å². The number of phosphoric acid groups is 1. The van der Waals surface area contributed by atoms with Crippen LogP contribution in [0, 0.1) is 47.3 Å². The van der Waals surface area contributed by atoms with Gasteiger partial charge in [-0.2, -0.15) is 0 Å². The van der Waals surface area contributed by atoms with E-state index in [1.807, 2.05) is 152 Å². The summed E-state index contributed by atoms with van der Waals surface area (Å²) in [5.41, 5.74) is 0. The van der Waals surface area contributed by atoms with Crippen LogP contribution in [0.4, 0.5) is 0 Å². The van der Waals surface area contributed by atoms with Gasteiger partial charge in [-0.25, -0.2) is 32.0 Å². The molecule has 17 atom stereocenters. The van der Waals surface area contributed by atoms with Crippen molar-refractivity contribution < 1.29 is 109 Å². The summed E-state index contributed by atoms with van der Waals surface area (Å²) >= 11 is 5.30. The smallest absolute Gasteiger partial charge is 0.466 e. The SMILES string of the molecule is CCOC(=O)CCSP(=O)(OC(C)COP(=O)(OC(C)CSP(=O)(OC(C)CC(C)C)OC(C)CC(C)C)OC(C)CSP(=O)(OC(C)CC(C)C)OC(C)CC(C)C)OC(C)CSP(=O)(OC(C)COP(=O)(OC(C)CC(C)C)SC(C)CC(C)C)OC(C)CSP(=O)(OC(C)CC(C)C)OC(C)CC(C)C. The van der Waals surface area contributed by atoms with Gasteiger partial charge in [-0.3, -0.25) is 72.7 Å². The number of phosphoric ester groups is 1. The number of esters is 1. The lowest BCUT2D eigenvalue weighted by Crippen LogP contribution is -2.22. The standard InChI is InChI=1S/C71H149O24P7S6/c1-32-80-71(72)33-34-103-98(75,92-64(25)43-81-96(73,83-66(27)45-104-99(76,86-58(19)36-50(4)5)87-59(20)37-51(6)7)84-67(28)46-105-100(77,88-60(21)38-52(8)9)89-61(22)39-53(10)11)94-68(29)47-107-102(79,93-65(26)44-82-97(74,85-57(18)35-49(2)3)108-70(31)42-56(16)17)95-69(30)48-106-101(78,90-62(23)40-54(12)13)91-63(24)41-55(14)15/h49-70H,32-48H2,1-31H3. The lowest BCUT2D eigenvalue weighted by atomic mass is 10.1. The van der Waals surface area contributed by atoms with Crippen LogP contribution < -0.4 is 0 Å². The summed E-state index contributed by atoms with van der Waals surface area (Å²) in [5.74, 6) is 0.934. The van der Waals surface area contributed by atoms with Gasteiger partial charge in [0.15, 0.2) is 0 Å². The monoisotopic (exact) mass is 1790 g/mol. The fourth-order valence-electron chi connectivity index (χ4n) is 11.2. The number of rotatable bonds is 67. The molecule has 0 heterocycles. The van der Waals surface area contributed by atoms with Crippen molar-refractivity contribution >= 4 is 123 Å². The predicted molar refractivity (Wildman–Crippen MR) is 458 cm³/mol. The van der Waals surface area contributed by atoms with Gasteiger partial charge in [-0.15, -0.1) is 0 Å². The Morgan fingerprint density at radius 3 is 0.750 bits per heavy atom. The topological polar surface area (TPSA) is 284 Å². The van der Waals surface area contributed by atoms with E-state index in [1.165, 1.54) is 6.92 Å². The Labute approximate surface area is 680 Å². The molecule has 37 heteroatoms. The van der Waals surface area contributed by atoms with Crippen molar-refractivity contribution in [2.45, 2.75) is 357 Å². The van der Waals surface area contributed by atoms with E-state index in [0.717, 1.165) is 63.3 Å². The molecule has 0 aliphatic carbocycles. The zero-order valence-corrected chi connectivity index (χ0v) is 82.8. The summed E-state index contributed by atoms with van der Waals surface area (Å²) in [7, 11) is -4.77. The highest BCUT2D eigenvalue weighted by atomic mass is 32.7. The summed E-state index contributed by atoms with van der Waals surface area (Å²) in [6.45, 7) is 33.6. The average Bonchev–Trinajstić information content (AvgIpc) is 0.837. The number of carbonyl (C=O) groups excluding carboxylic acids is 1. The molecule has 0 rings (SSSR count). The van der Waals surface area contributed by atoms with Crippen molar-refractivity contribution in [3.63, 3.8) is 0 Å². The van der Waals surface area contributed by atoms with Crippen LogP contribution in [0.5, 0.6) is 0 Å². The molecular formula is C71H149O24P7S6. The van der Waals surface area contributed by atoms with Gasteiger partial charge in [-0.1, -0.05) is 118 Å². The number of carbonyl (C=O) groups is 1. The van der Waals surface area contributed by atoms with Crippen LogP contribution in [0.15, 0.2) is 0 Å². The molecule has 24 nitrogen and oxygen atoms in total. The molecule has 0 saturated carbocycles. The second kappa shape index (κ2) is 55.5. The molecular weight excluding hydrogens is 1650 g/mol. The van der Waals surface area contributed by atoms with Crippen LogP contribution in [0.25, 0.3) is 0 Å². The van der Waals surface area contributed by atoms with E-state index >= 15 is 13.7 Å². The van der Waals surface area contributed by atoms with E-state index < -0.39 is 141 Å². The molecule has 0 fully saturated rings. The molecule has 0 radical (unpaired) electrons. The van der Waals surface area contributed by atoms with Gasteiger partial charge in [0, 0.05) is 34.0 Å². The zero-order chi connectivity index (χ0) is 83.4. The Morgan fingerprint density at radius 1 is 0.269 bits per heavy atom. The molecule has 0 aliphatic rings. The van der Waals surface area contributed by atoms with Crippen molar-refractivity contribution in [3.05, 3.63) is 0 Å². The third kappa shape index (κ3) is 55.4. The molecule has 0 aromatic heterocycles. The first-order chi connectivity index (χ1) is 49.5. The van der Waals surface area contributed by atoms with Crippen molar-refractivity contribution in [2.24, 2.45) is 47.3 Å². The normalized spacial score (nSPS) is 20.7. The van der Waals surface area contributed by atoms with Gasteiger partial charge >= 0.3 is 54.6 Å². The third-order valence-corrected chi connectivity index (χ3v) is 40.7. The lowest BCUT2D eigenvalue weighted by Gasteiger charge is -2.30. The Kier molecular flexibility index (Phi) is 56.8. The molecule has 0 aromatic carbocycles. The Hall–Kier alpha value is 2.58. The maximum Gasteiger partial charge on any atom is 0.475 e. The minimum atomic E-state index is -4.77. The summed E-state index contributed by atoms with van der Waals surface area (Å²) in [4.78, 5) is 12.8. The Morgan fingerprint density at radius 2 is 0.491 bits per heavy atom. The highest BCUT2D eigenvalue weighted by Crippen LogP contribution is 2.70. The first-order valence-electron chi connectivity index (χ1n) is 39.0. The molecule has 0 bridgehead atoms. The van der Waals surface area contributed by atoms with Crippen LogP contribution in [-0.2, 0) is 109 Å². The molecule has 648 valence electrons. The van der Waals surface area contributed by atoms with Crippen LogP contribution in [0.3, 0.4) is 0 Å². The predicted octanol–water partition coefficient (Wildman–Crippen LogP) is 27.2. The highest BCUT2D eigenvalue weighted by molar-refractivity contribution is 8.57. The van der Waals surface area contributed by atoms with Gasteiger partial charge in [0.1, 0.15) is 0 Å². The van der Waals surface area contributed by atoms with Crippen LogP contribution in [-0.4, -0.2) is 139 Å². The van der Waals surface area contributed by atoms with Crippen molar-refractivity contribution in [1.82, 2.24) is 0 Å². The lowest BCUT2D eigenvalue weighted by molar-refractivity contribution is -0.142. The maximum absolute atomic E-state index is 15.5. The highest BCUT2D eigenvalue weighted by Gasteiger charge is 2.43. The summed E-state index contributed by atoms with van der Waals surface area (Å²) in [6.07, 6.45) is -4.38. The minimum absolute atomic E-state index is 0.0193. The molecule has 0 aromatic rings. The largest absolute Gasteiger partial charge is 0.475 e. The second-order valence-corrected chi connectivity index (χ2v) is 58.3. The molecule has 0 spiro atoms. The fourth-order valence-corrected chi connectivity index (χ4v) is 38.0. The third-order valence-electron chi connectivity index (χ3n) is 14.4. The first-order valence-corrected chi connectivity index (χ1v) is 59.1. The molecule has 0 N–H and O–H groups in total. The minimum Gasteiger partial charge on any atom is -0.466 e. The van der Waals surface area contributed by atoms with E-state index in [4.69, 9.17) is 72.6 Å². The van der Waals surface area contributed by atoms with Gasteiger partial charge in [0.05, 0.1) is 106 Å². The van der Waals surface area contributed by atoms with Gasteiger partial charge in [-0.05, 0) is 264 Å². The van der Waals surface area contributed by atoms with Crippen LogP contribution in [0.1, 0.15) is 272 Å². The van der Waals surface area contributed by atoms with Gasteiger partial charge in [0.25, 0.3) is 0 Å². The van der Waals surface area contributed by atoms with E-state index in [1.54, 1.807) is 41.5 Å². The van der Waals surface area contributed by atoms with Gasteiger partial charge in [0.2, 0.25) is 0 Å². The number of hydrogen-bond donors (Lipinski definition) is 0. The quantitative estimate of drug-likeness (QED) is 0.0404. The van der Waals surface area contributed by atoms with E-state index in [9.17, 15) is 23.1 Å². The molecule has 17 unspecified atom stereocenters. The van der Waals surface area contributed by atoms with Crippen molar-refractivity contribution in [1.29, 1.82) is 0 Å². The Bertz CT molecular complexity index is 2410. The summed E-state index contributed by atoms with van der Waals surface area (Å²) in [5, 5.41) is -0.103. The first kappa shape index (κ1) is 111. The van der Waals surface area contributed by atoms with Crippen molar-refractivity contribution in [3.8, 4) is 0 Å². The zero-order valence-electron chi connectivity index (χ0n) is 71.6. The Balaban J connectivity index is 7.75. The van der Waals surface area contributed by atoms with Gasteiger partial charge < -0.3 is 4.74 Å². The summed E-state index contributed by atoms with van der Waals surface area (Å²) < 4.78 is 204.